The molecular formula is C14H26N4O. The molecule has 2 rings (SSSR count). The Hall–Kier alpha value is -0.910. The molecule has 1 aromatic rings. The van der Waals surface area contributed by atoms with E-state index in [-0.39, 0.29) is 6.04 Å². The van der Waals surface area contributed by atoms with E-state index in [1.165, 1.54) is 11.3 Å². The third-order valence-corrected chi connectivity index (χ3v) is 4.18. The molecule has 1 aliphatic heterocycles. The average Bonchev–Trinajstić information content (AvgIpc) is 2.74. The van der Waals surface area contributed by atoms with Crippen molar-refractivity contribution in [1.82, 2.24) is 14.7 Å². The molecule has 19 heavy (non-hydrogen) atoms. The van der Waals surface area contributed by atoms with Crippen molar-refractivity contribution in [3.05, 3.63) is 17.5 Å². The largest absolute Gasteiger partial charge is 0.378 e. The van der Waals surface area contributed by atoms with Crippen LogP contribution in [0.5, 0.6) is 0 Å². The van der Waals surface area contributed by atoms with Crippen LogP contribution in [-0.4, -0.2) is 47.0 Å². The van der Waals surface area contributed by atoms with Crippen molar-refractivity contribution >= 4 is 0 Å². The fraction of sp³-hybridized carbons (Fsp3) is 0.786. The minimum absolute atomic E-state index is 0.288. The Morgan fingerprint density at radius 3 is 2.63 bits per heavy atom. The van der Waals surface area contributed by atoms with Gasteiger partial charge in [0.1, 0.15) is 0 Å². The van der Waals surface area contributed by atoms with Crippen molar-refractivity contribution in [2.24, 2.45) is 12.8 Å². The summed E-state index contributed by atoms with van der Waals surface area (Å²) in [6, 6.07) is 0.288. The lowest BCUT2D eigenvalue weighted by atomic mass is 10.0. The highest BCUT2D eigenvalue weighted by molar-refractivity contribution is 5.21. The molecule has 0 radical (unpaired) electrons. The number of nitrogens with zero attached hydrogens (tertiary/aromatic N) is 3. The average molecular weight is 266 g/mol. The first-order valence-electron chi connectivity index (χ1n) is 7.21. The minimum Gasteiger partial charge on any atom is -0.378 e. The van der Waals surface area contributed by atoms with Crippen molar-refractivity contribution in [3.63, 3.8) is 0 Å². The summed E-state index contributed by atoms with van der Waals surface area (Å²) >= 11 is 0. The fourth-order valence-electron chi connectivity index (χ4n) is 2.91. The lowest BCUT2D eigenvalue weighted by Gasteiger charge is -2.37. The van der Waals surface area contributed by atoms with Crippen molar-refractivity contribution in [2.45, 2.75) is 38.8 Å². The first-order chi connectivity index (χ1) is 9.17. The molecule has 108 valence electrons. The van der Waals surface area contributed by atoms with E-state index in [9.17, 15) is 0 Å². The molecule has 2 N–H and O–H groups in total. The minimum atomic E-state index is 0.288. The summed E-state index contributed by atoms with van der Waals surface area (Å²) in [5.74, 6) is 0. The lowest BCUT2D eigenvalue weighted by Crippen LogP contribution is -2.42. The molecule has 1 unspecified atom stereocenters. The van der Waals surface area contributed by atoms with Crippen LogP contribution < -0.4 is 5.73 Å². The Morgan fingerprint density at radius 2 is 2.16 bits per heavy atom. The van der Waals surface area contributed by atoms with E-state index in [0.717, 1.165) is 32.5 Å². The first-order valence-corrected chi connectivity index (χ1v) is 7.21. The van der Waals surface area contributed by atoms with Crippen molar-refractivity contribution in [2.75, 3.05) is 26.2 Å². The number of aryl methyl sites for hydroxylation is 1. The molecule has 0 spiro atoms. The van der Waals surface area contributed by atoms with E-state index in [4.69, 9.17) is 10.5 Å². The van der Waals surface area contributed by atoms with E-state index < -0.39 is 0 Å². The van der Waals surface area contributed by atoms with Crippen LogP contribution in [0.2, 0.25) is 0 Å². The van der Waals surface area contributed by atoms with Crippen LogP contribution in [0.15, 0.2) is 6.20 Å². The van der Waals surface area contributed by atoms with Gasteiger partial charge in [-0.3, -0.25) is 9.58 Å². The third-order valence-electron chi connectivity index (χ3n) is 4.18. The van der Waals surface area contributed by atoms with Gasteiger partial charge in [-0.15, -0.1) is 0 Å². The number of hydrogen-bond donors (Lipinski definition) is 1. The molecule has 5 nitrogen and oxygen atoms in total. The number of rotatable bonds is 5. The molecule has 5 heteroatoms. The molecule has 0 bridgehead atoms. The van der Waals surface area contributed by atoms with E-state index >= 15 is 0 Å². The van der Waals surface area contributed by atoms with Gasteiger partial charge in [0.15, 0.2) is 0 Å². The summed E-state index contributed by atoms with van der Waals surface area (Å²) in [7, 11) is 1.98. The van der Waals surface area contributed by atoms with Gasteiger partial charge < -0.3 is 10.5 Å². The maximum absolute atomic E-state index is 6.00. The summed E-state index contributed by atoms with van der Waals surface area (Å²) < 4.78 is 7.63. The Bertz CT molecular complexity index is 396. The molecule has 0 amide bonds. The topological polar surface area (TPSA) is 56.3 Å². The smallest absolute Gasteiger partial charge is 0.0599 e. The molecule has 0 saturated carbocycles. The Labute approximate surface area is 115 Å². The van der Waals surface area contributed by atoms with Crippen LogP contribution in [0, 0.1) is 6.92 Å². The van der Waals surface area contributed by atoms with Crippen molar-refractivity contribution in [3.8, 4) is 0 Å². The number of aromatic nitrogens is 2. The SMILES string of the molecule is CCOC1CCN(C(CN)c2cnn(C)c2C)CC1. The van der Waals surface area contributed by atoms with Gasteiger partial charge in [0.25, 0.3) is 0 Å². The Balaban J connectivity index is 2.02. The summed E-state index contributed by atoms with van der Waals surface area (Å²) in [5.41, 5.74) is 8.47. The van der Waals surface area contributed by atoms with Crippen molar-refractivity contribution < 1.29 is 4.74 Å². The number of likely N-dealkylation sites (tertiary alicyclic amines) is 1. The quantitative estimate of drug-likeness (QED) is 0.871. The zero-order valence-electron chi connectivity index (χ0n) is 12.3. The van der Waals surface area contributed by atoms with Gasteiger partial charge in [-0.1, -0.05) is 0 Å². The summed E-state index contributed by atoms with van der Waals surface area (Å²) in [5, 5.41) is 4.33. The summed E-state index contributed by atoms with van der Waals surface area (Å²) in [4.78, 5) is 2.47. The second-order valence-electron chi connectivity index (χ2n) is 5.25. The predicted molar refractivity (Wildman–Crippen MR) is 76.0 cm³/mol. The number of ether oxygens (including phenoxy) is 1. The normalized spacial score (nSPS) is 19.8. The standard InChI is InChI=1S/C14H26N4O/c1-4-19-12-5-7-18(8-6-12)14(9-15)13-10-16-17(3)11(13)2/h10,12,14H,4-9,15H2,1-3H3. The second-order valence-corrected chi connectivity index (χ2v) is 5.25. The molecule has 1 saturated heterocycles. The van der Waals surface area contributed by atoms with Gasteiger partial charge in [-0.2, -0.15) is 5.10 Å². The molecular weight excluding hydrogens is 240 g/mol. The monoisotopic (exact) mass is 266 g/mol. The maximum atomic E-state index is 6.00. The van der Waals surface area contributed by atoms with E-state index in [1.54, 1.807) is 0 Å². The first kappa shape index (κ1) is 14.5. The van der Waals surface area contributed by atoms with Gasteiger partial charge in [-0.25, -0.2) is 0 Å². The van der Waals surface area contributed by atoms with E-state index in [2.05, 4.69) is 23.8 Å². The van der Waals surface area contributed by atoms with Crippen LogP contribution in [0.1, 0.15) is 37.1 Å². The van der Waals surface area contributed by atoms with E-state index in [1.807, 2.05) is 17.9 Å². The molecule has 1 aliphatic rings. The molecule has 0 aliphatic carbocycles. The lowest BCUT2D eigenvalue weighted by molar-refractivity contribution is 0.00445. The van der Waals surface area contributed by atoms with Gasteiger partial charge in [-0.05, 0) is 26.7 Å². The van der Waals surface area contributed by atoms with Crippen LogP contribution in [0.3, 0.4) is 0 Å². The van der Waals surface area contributed by atoms with E-state index in [0.29, 0.717) is 12.6 Å². The van der Waals surface area contributed by atoms with Crippen molar-refractivity contribution in [1.29, 1.82) is 0 Å². The second kappa shape index (κ2) is 6.50. The molecule has 1 atom stereocenters. The molecule has 1 aromatic heterocycles. The Kier molecular flexibility index (Phi) is 4.96. The van der Waals surface area contributed by atoms with Gasteiger partial charge in [0.2, 0.25) is 0 Å². The summed E-state index contributed by atoms with van der Waals surface area (Å²) in [6.07, 6.45) is 4.59. The maximum Gasteiger partial charge on any atom is 0.0599 e. The zero-order chi connectivity index (χ0) is 13.8. The van der Waals surface area contributed by atoms with Crippen LogP contribution in [-0.2, 0) is 11.8 Å². The van der Waals surface area contributed by atoms with Gasteiger partial charge in [0, 0.05) is 44.5 Å². The highest BCUT2D eigenvalue weighted by Gasteiger charge is 2.27. The third kappa shape index (κ3) is 3.16. The molecule has 1 fully saturated rings. The summed E-state index contributed by atoms with van der Waals surface area (Å²) in [6.45, 7) is 7.74. The predicted octanol–water partition coefficient (Wildman–Crippen LogP) is 1.23. The highest BCUT2D eigenvalue weighted by atomic mass is 16.5. The number of piperidine rings is 1. The molecule has 2 heterocycles. The fourth-order valence-corrected chi connectivity index (χ4v) is 2.91. The number of hydrogen-bond acceptors (Lipinski definition) is 4. The Morgan fingerprint density at radius 1 is 1.47 bits per heavy atom. The number of nitrogens with two attached hydrogens (primary N) is 1. The van der Waals surface area contributed by atoms with Crippen LogP contribution in [0.25, 0.3) is 0 Å². The van der Waals surface area contributed by atoms with Crippen LogP contribution in [0.4, 0.5) is 0 Å². The van der Waals surface area contributed by atoms with Gasteiger partial charge in [0.05, 0.1) is 18.3 Å². The zero-order valence-corrected chi connectivity index (χ0v) is 12.3. The van der Waals surface area contributed by atoms with Gasteiger partial charge >= 0.3 is 0 Å². The highest BCUT2D eigenvalue weighted by Crippen LogP contribution is 2.26. The molecule has 0 aromatic carbocycles. The van der Waals surface area contributed by atoms with Crippen LogP contribution >= 0.6 is 0 Å².